The van der Waals surface area contributed by atoms with E-state index in [2.05, 4.69) is 22.5 Å². The third-order valence-electron chi connectivity index (χ3n) is 4.43. The van der Waals surface area contributed by atoms with Crippen LogP contribution in [0.25, 0.3) is 0 Å². The van der Waals surface area contributed by atoms with Crippen LogP contribution in [0.3, 0.4) is 0 Å². The highest BCUT2D eigenvalue weighted by Crippen LogP contribution is 2.14. The summed E-state index contributed by atoms with van der Waals surface area (Å²) in [5.74, 6) is -0.221. The minimum Gasteiger partial charge on any atom is -0.348 e. The molecule has 0 saturated carbocycles. The van der Waals surface area contributed by atoms with Crippen molar-refractivity contribution in [1.82, 2.24) is 15.5 Å². The Morgan fingerprint density at radius 2 is 1.96 bits per heavy atom. The average molecular weight is 358 g/mol. The van der Waals surface area contributed by atoms with Gasteiger partial charge in [0.2, 0.25) is 5.91 Å². The van der Waals surface area contributed by atoms with Gasteiger partial charge in [0.05, 0.1) is 12.6 Å². The predicted octanol–water partition coefficient (Wildman–Crippen LogP) is 2.89. The third kappa shape index (κ3) is 6.38. The highest BCUT2D eigenvalue weighted by molar-refractivity contribution is 5.85. The Balaban J connectivity index is 0.00000288. The van der Waals surface area contributed by atoms with Crippen molar-refractivity contribution in [1.29, 1.82) is 0 Å². The molecule has 1 aliphatic rings. The number of piperidine rings is 1. The zero-order valence-corrected chi connectivity index (χ0v) is 15.4. The second kappa shape index (κ2) is 10.6. The molecule has 1 unspecified atom stereocenters. The summed E-state index contributed by atoms with van der Waals surface area (Å²) in [6.07, 6.45) is 3.24. The standard InChI is InChI=1S/C18H28FN3O.ClH/c1-3-12-22(17-8-10-20-11-9-17)13-18(23)21-14(2)15-4-6-16(19)7-5-15;/h4-7,14,17,20H,3,8-13H2,1-2H3,(H,21,23);1H. The number of rotatable bonds is 7. The molecule has 1 saturated heterocycles. The van der Waals surface area contributed by atoms with Crippen molar-refractivity contribution in [2.75, 3.05) is 26.2 Å². The van der Waals surface area contributed by atoms with E-state index in [9.17, 15) is 9.18 Å². The van der Waals surface area contributed by atoms with E-state index in [1.807, 2.05) is 6.92 Å². The van der Waals surface area contributed by atoms with Crippen LogP contribution < -0.4 is 10.6 Å². The van der Waals surface area contributed by atoms with Gasteiger partial charge >= 0.3 is 0 Å². The minimum atomic E-state index is -0.257. The summed E-state index contributed by atoms with van der Waals surface area (Å²) < 4.78 is 13.0. The molecule has 2 N–H and O–H groups in total. The fraction of sp³-hybridized carbons (Fsp3) is 0.611. The van der Waals surface area contributed by atoms with Crippen LogP contribution in [0.2, 0.25) is 0 Å². The van der Waals surface area contributed by atoms with Crippen LogP contribution in [-0.4, -0.2) is 43.0 Å². The van der Waals surface area contributed by atoms with Gasteiger partial charge in [-0.15, -0.1) is 12.4 Å². The van der Waals surface area contributed by atoms with Crippen LogP contribution in [0, 0.1) is 5.82 Å². The van der Waals surface area contributed by atoms with E-state index in [-0.39, 0.29) is 30.2 Å². The van der Waals surface area contributed by atoms with Gasteiger partial charge in [0, 0.05) is 6.04 Å². The molecule has 0 aliphatic carbocycles. The number of hydrogen-bond donors (Lipinski definition) is 2. The van der Waals surface area contributed by atoms with E-state index in [0.717, 1.165) is 44.5 Å². The van der Waals surface area contributed by atoms with Crippen LogP contribution in [0.5, 0.6) is 0 Å². The summed E-state index contributed by atoms with van der Waals surface area (Å²) >= 11 is 0. The molecule has 1 heterocycles. The van der Waals surface area contributed by atoms with Gasteiger partial charge in [-0.3, -0.25) is 9.69 Å². The number of hydrogen-bond acceptors (Lipinski definition) is 3. The fourth-order valence-corrected chi connectivity index (χ4v) is 3.16. The molecule has 6 heteroatoms. The summed E-state index contributed by atoms with van der Waals surface area (Å²) in [6, 6.07) is 6.67. The number of carbonyl (C=O) groups excluding carboxylic acids is 1. The average Bonchev–Trinajstić information content (AvgIpc) is 2.55. The highest BCUT2D eigenvalue weighted by Gasteiger charge is 2.22. The molecule has 0 radical (unpaired) electrons. The summed E-state index contributed by atoms with van der Waals surface area (Å²) in [5.41, 5.74) is 0.920. The first-order valence-corrected chi connectivity index (χ1v) is 8.59. The summed E-state index contributed by atoms with van der Waals surface area (Å²) in [5, 5.41) is 6.39. The highest BCUT2D eigenvalue weighted by atomic mass is 35.5. The maximum atomic E-state index is 13.0. The third-order valence-corrected chi connectivity index (χ3v) is 4.43. The number of halogens is 2. The lowest BCUT2D eigenvalue weighted by Crippen LogP contribution is -2.47. The van der Waals surface area contributed by atoms with Crippen molar-refractivity contribution in [3.05, 3.63) is 35.6 Å². The van der Waals surface area contributed by atoms with Crippen LogP contribution in [0.15, 0.2) is 24.3 Å². The van der Waals surface area contributed by atoms with E-state index in [1.54, 1.807) is 12.1 Å². The maximum absolute atomic E-state index is 13.0. The van der Waals surface area contributed by atoms with Crippen molar-refractivity contribution >= 4 is 18.3 Å². The largest absolute Gasteiger partial charge is 0.348 e. The van der Waals surface area contributed by atoms with E-state index >= 15 is 0 Å². The minimum absolute atomic E-state index is 0. The Bertz CT molecular complexity index is 492. The van der Waals surface area contributed by atoms with E-state index < -0.39 is 0 Å². The van der Waals surface area contributed by atoms with Crippen molar-refractivity contribution < 1.29 is 9.18 Å². The smallest absolute Gasteiger partial charge is 0.234 e. The van der Waals surface area contributed by atoms with E-state index in [0.29, 0.717) is 12.6 Å². The summed E-state index contributed by atoms with van der Waals surface area (Å²) in [6.45, 7) is 7.51. The second-order valence-electron chi connectivity index (χ2n) is 6.29. The van der Waals surface area contributed by atoms with Crippen LogP contribution >= 0.6 is 12.4 Å². The first-order valence-electron chi connectivity index (χ1n) is 8.59. The lowest BCUT2D eigenvalue weighted by Gasteiger charge is -2.34. The lowest BCUT2D eigenvalue weighted by molar-refractivity contribution is -0.123. The molecular formula is C18H29ClFN3O. The molecule has 0 spiro atoms. The van der Waals surface area contributed by atoms with Gasteiger partial charge in [0.1, 0.15) is 5.82 Å². The van der Waals surface area contributed by atoms with Crippen LogP contribution in [0.4, 0.5) is 4.39 Å². The van der Waals surface area contributed by atoms with Gasteiger partial charge in [0.15, 0.2) is 0 Å². The zero-order valence-electron chi connectivity index (χ0n) is 14.6. The molecule has 0 aromatic heterocycles. The Labute approximate surface area is 150 Å². The zero-order chi connectivity index (χ0) is 16.7. The Kier molecular flexibility index (Phi) is 9.26. The number of carbonyl (C=O) groups is 1. The van der Waals surface area contributed by atoms with Crippen LogP contribution in [-0.2, 0) is 4.79 Å². The number of benzene rings is 1. The molecule has 1 fully saturated rings. The maximum Gasteiger partial charge on any atom is 0.234 e. The lowest BCUT2D eigenvalue weighted by atomic mass is 10.0. The number of amides is 1. The van der Waals surface area contributed by atoms with Crippen LogP contribution in [0.1, 0.15) is 44.7 Å². The molecule has 1 aromatic rings. The van der Waals surface area contributed by atoms with Crippen molar-refractivity contribution in [2.45, 2.75) is 45.2 Å². The topological polar surface area (TPSA) is 44.4 Å². The molecule has 24 heavy (non-hydrogen) atoms. The molecule has 1 amide bonds. The van der Waals surface area contributed by atoms with E-state index in [4.69, 9.17) is 0 Å². The SMILES string of the molecule is CCCN(CC(=O)NC(C)c1ccc(F)cc1)C1CCNCC1.Cl. The van der Waals surface area contributed by atoms with Crippen molar-refractivity contribution in [3.8, 4) is 0 Å². The van der Waals surface area contributed by atoms with Gasteiger partial charge in [-0.25, -0.2) is 4.39 Å². The number of nitrogens with zero attached hydrogens (tertiary/aromatic N) is 1. The molecule has 2 rings (SSSR count). The van der Waals surface area contributed by atoms with Gasteiger partial charge in [-0.1, -0.05) is 19.1 Å². The van der Waals surface area contributed by atoms with Gasteiger partial charge in [-0.2, -0.15) is 0 Å². The molecule has 0 bridgehead atoms. The fourth-order valence-electron chi connectivity index (χ4n) is 3.16. The summed E-state index contributed by atoms with van der Waals surface area (Å²) in [4.78, 5) is 14.7. The summed E-state index contributed by atoms with van der Waals surface area (Å²) in [7, 11) is 0. The van der Waals surface area contributed by atoms with Gasteiger partial charge in [0.25, 0.3) is 0 Å². The molecule has 4 nitrogen and oxygen atoms in total. The molecule has 136 valence electrons. The Morgan fingerprint density at radius 3 is 2.54 bits per heavy atom. The van der Waals surface area contributed by atoms with Gasteiger partial charge in [-0.05, 0) is 63.5 Å². The molecular weight excluding hydrogens is 329 g/mol. The molecule has 1 aromatic carbocycles. The molecule has 1 atom stereocenters. The van der Waals surface area contributed by atoms with Crippen molar-refractivity contribution in [2.24, 2.45) is 0 Å². The molecule has 1 aliphatic heterocycles. The monoisotopic (exact) mass is 357 g/mol. The van der Waals surface area contributed by atoms with E-state index in [1.165, 1.54) is 12.1 Å². The van der Waals surface area contributed by atoms with Gasteiger partial charge < -0.3 is 10.6 Å². The number of nitrogens with one attached hydrogen (secondary N) is 2. The Hall–Kier alpha value is -1.17. The first-order chi connectivity index (χ1) is 11.1. The first kappa shape index (κ1) is 20.9. The quantitative estimate of drug-likeness (QED) is 0.788. The Morgan fingerprint density at radius 1 is 1.33 bits per heavy atom. The van der Waals surface area contributed by atoms with Crippen molar-refractivity contribution in [3.63, 3.8) is 0 Å². The predicted molar refractivity (Wildman–Crippen MR) is 98.0 cm³/mol. The normalized spacial score (nSPS) is 16.5. The second-order valence-corrected chi connectivity index (χ2v) is 6.29.